The number of hydrogen-bond donors (Lipinski definition) is 3. The lowest BCUT2D eigenvalue weighted by Crippen LogP contribution is -2.29. The smallest absolute Gasteiger partial charge is 0.324 e. The number of carbonyl (C=O) groups excluding carboxylic acids is 1. The zero-order chi connectivity index (χ0) is 14.3. The molecule has 2 rings (SSSR count). The van der Waals surface area contributed by atoms with E-state index in [0.29, 0.717) is 10.6 Å². The summed E-state index contributed by atoms with van der Waals surface area (Å²) in [5, 5.41) is 8.64. The molecule has 1 aliphatic carbocycles. The Balaban J connectivity index is 2.28. The summed E-state index contributed by atoms with van der Waals surface area (Å²) < 4.78 is 11.8. The SMILES string of the molecule is CC(=O)N(O)CC1CC1(c1ccccc1)P(=O)(O)O. The van der Waals surface area contributed by atoms with Crippen molar-refractivity contribution in [1.82, 2.24) is 5.06 Å². The summed E-state index contributed by atoms with van der Waals surface area (Å²) in [6.45, 7) is 1.12. The first-order valence-corrected chi connectivity index (χ1v) is 7.48. The Labute approximate surface area is 110 Å². The molecule has 6 nitrogen and oxygen atoms in total. The van der Waals surface area contributed by atoms with Crippen molar-refractivity contribution in [3.63, 3.8) is 0 Å². The number of nitrogens with zero attached hydrogens (tertiary/aromatic N) is 1. The average Bonchev–Trinajstić information content (AvgIpc) is 3.05. The number of rotatable bonds is 4. The molecule has 0 spiro atoms. The molecule has 3 N–H and O–H groups in total. The van der Waals surface area contributed by atoms with Crippen molar-refractivity contribution in [3.05, 3.63) is 35.9 Å². The first-order valence-electron chi connectivity index (χ1n) is 5.87. The van der Waals surface area contributed by atoms with Crippen molar-refractivity contribution in [2.45, 2.75) is 18.5 Å². The molecule has 2 unspecified atom stereocenters. The Kier molecular flexibility index (Phi) is 3.53. The lowest BCUT2D eigenvalue weighted by Gasteiger charge is -2.21. The van der Waals surface area contributed by atoms with Crippen LogP contribution in [0.4, 0.5) is 0 Å². The van der Waals surface area contributed by atoms with E-state index in [4.69, 9.17) is 0 Å². The van der Waals surface area contributed by atoms with Gasteiger partial charge in [0.2, 0.25) is 5.91 Å². The van der Waals surface area contributed by atoms with E-state index in [-0.39, 0.29) is 13.0 Å². The predicted octanol–water partition coefficient (Wildman–Crippen LogP) is 1.32. The summed E-state index contributed by atoms with van der Waals surface area (Å²) >= 11 is 0. The fourth-order valence-corrected chi connectivity index (χ4v) is 3.98. The van der Waals surface area contributed by atoms with Crippen LogP contribution in [-0.4, -0.2) is 32.5 Å². The van der Waals surface area contributed by atoms with Gasteiger partial charge in [-0.3, -0.25) is 14.6 Å². The van der Waals surface area contributed by atoms with Crippen LogP contribution in [0.3, 0.4) is 0 Å². The van der Waals surface area contributed by atoms with E-state index in [1.54, 1.807) is 30.3 Å². The van der Waals surface area contributed by atoms with Gasteiger partial charge in [0.25, 0.3) is 0 Å². The van der Waals surface area contributed by atoms with Crippen LogP contribution in [0.25, 0.3) is 0 Å². The standard InChI is InChI=1S/C12H16NO5P/c1-9(14)13(15)8-11-7-12(11,19(16,17)18)10-5-3-2-4-6-10/h2-6,11,15H,7-8H2,1H3,(H2,16,17,18). The number of amides is 1. The summed E-state index contributed by atoms with van der Waals surface area (Å²) in [6.07, 6.45) is 0.256. The summed E-state index contributed by atoms with van der Waals surface area (Å²) in [5.74, 6) is -0.982. The van der Waals surface area contributed by atoms with Crippen LogP contribution in [0.1, 0.15) is 18.9 Å². The minimum absolute atomic E-state index is 0.0741. The second-order valence-electron chi connectivity index (χ2n) is 4.84. The van der Waals surface area contributed by atoms with Crippen LogP contribution in [0.15, 0.2) is 30.3 Å². The molecule has 1 aromatic rings. The van der Waals surface area contributed by atoms with Crippen LogP contribution in [-0.2, 0) is 14.5 Å². The second-order valence-corrected chi connectivity index (χ2v) is 6.72. The lowest BCUT2D eigenvalue weighted by atomic mass is 10.1. The molecule has 2 atom stereocenters. The average molecular weight is 285 g/mol. The van der Waals surface area contributed by atoms with E-state index >= 15 is 0 Å². The van der Waals surface area contributed by atoms with Crippen LogP contribution in [0.2, 0.25) is 0 Å². The van der Waals surface area contributed by atoms with E-state index in [0.717, 1.165) is 0 Å². The topological polar surface area (TPSA) is 98.1 Å². The monoisotopic (exact) mass is 285 g/mol. The Hall–Kier alpha value is -1.20. The molecule has 0 radical (unpaired) electrons. The van der Waals surface area contributed by atoms with Gasteiger partial charge in [0.1, 0.15) is 5.16 Å². The third-order valence-corrected chi connectivity index (χ3v) is 5.47. The zero-order valence-electron chi connectivity index (χ0n) is 10.4. The normalized spacial score (nSPS) is 26.0. The van der Waals surface area contributed by atoms with Crippen LogP contribution in [0.5, 0.6) is 0 Å². The molecular weight excluding hydrogens is 269 g/mol. The summed E-state index contributed by atoms with van der Waals surface area (Å²) in [6, 6.07) is 8.51. The summed E-state index contributed by atoms with van der Waals surface area (Å²) in [5.41, 5.74) is 0.547. The molecule has 1 aromatic carbocycles. The van der Waals surface area contributed by atoms with Crippen LogP contribution >= 0.6 is 7.60 Å². The van der Waals surface area contributed by atoms with Gasteiger partial charge in [-0.25, -0.2) is 5.06 Å². The van der Waals surface area contributed by atoms with E-state index in [1.807, 2.05) is 0 Å². The first-order chi connectivity index (χ1) is 8.79. The largest absolute Gasteiger partial charge is 0.336 e. The van der Waals surface area contributed by atoms with Crippen LogP contribution < -0.4 is 0 Å². The van der Waals surface area contributed by atoms with Gasteiger partial charge in [0, 0.05) is 12.8 Å². The van der Waals surface area contributed by atoms with Gasteiger partial charge in [0.05, 0.1) is 6.54 Å². The van der Waals surface area contributed by atoms with Gasteiger partial charge in [-0.15, -0.1) is 0 Å². The fraction of sp³-hybridized carbons (Fsp3) is 0.417. The van der Waals surface area contributed by atoms with E-state index in [1.165, 1.54) is 6.92 Å². The molecular formula is C12H16NO5P. The van der Waals surface area contributed by atoms with Crippen molar-refractivity contribution < 1.29 is 24.4 Å². The van der Waals surface area contributed by atoms with Gasteiger partial charge in [-0.05, 0) is 12.0 Å². The minimum Gasteiger partial charge on any atom is -0.324 e. The van der Waals surface area contributed by atoms with Gasteiger partial charge in [-0.2, -0.15) is 0 Å². The minimum atomic E-state index is -4.37. The molecule has 0 bridgehead atoms. The van der Waals surface area contributed by atoms with Crippen molar-refractivity contribution in [2.75, 3.05) is 6.54 Å². The molecule has 7 heteroatoms. The third kappa shape index (κ3) is 2.44. The highest BCUT2D eigenvalue weighted by atomic mass is 31.2. The molecule has 19 heavy (non-hydrogen) atoms. The zero-order valence-corrected chi connectivity index (χ0v) is 11.3. The number of hydrogen-bond acceptors (Lipinski definition) is 3. The Morgan fingerprint density at radius 2 is 2.00 bits per heavy atom. The van der Waals surface area contributed by atoms with E-state index in [2.05, 4.69) is 0 Å². The quantitative estimate of drug-likeness (QED) is 0.440. The van der Waals surface area contributed by atoms with Crippen molar-refractivity contribution >= 4 is 13.5 Å². The first kappa shape index (κ1) is 14.2. The highest BCUT2D eigenvalue weighted by Crippen LogP contribution is 2.74. The van der Waals surface area contributed by atoms with E-state index < -0.39 is 24.6 Å². The van der Waals surface area contributed by atoms with Gasteiger partial charge in [0.15, 0.2) is 0 Å². The van der Waals surface area contributed by atoms with Crippen molar-refractivity contribution in [2.24, 2.45) is 5.92 Å². The maximum Gasteiger partial charge on any atom is 0.336 e. The van der Waals surface area contributed by atoms with Gasteiger partial charge >= 0.3 is 7.60 Å². The third-order valence-electron chi connectivity index (χ3n) is 3.62. The molecule has 1 aliphatic rings. The molecule has 0 saturated heterocycles. The molecule has 0 aliphatic heterocycles. The van der Waals surface area contributed by atoms with Crippen molar-refractivity contribution in [3.8, 4) is 0 Å². The molecule has 0 heterocycles. The predicted molar refractivity (Wildman–Crippen MR) is 67.4 cm³/mol. The number of hydroxylamine groups is 2. The molecule has 0 aromatic heterocycles. The maximum absolute atomic E-state index is 11.8. The summed E-state index contributed by atoms with van der Waals surface area (Å²) in [7, 11) is -4.37. The highest BCUT2D eigenvalue weighted by molar-refractivity contribution is 7.53. The van der Waals surface area contributed by atoms with Gasteiger partial charge in [-0.1, -0.05) is 30.3 Å². The fourth-order valence-electron chi connectivity index (χ4n) is 2.47. The second kappa shape index (κ2) is 4.72. The maximum atomic E-state index is 11.8. The van der Waals surface area contributed by atoms with Crippen molar-refractivity contribution in [1.29, 1.82) is 0 Å². The lowest BCUT2D eigenvalue weighted by molar-refractivity contribution is -0.163. The Morgan fingerprint density at radius 1 is 1.42 bits per heavy atom. The molecule has 1 saturated carbocycles. The number of carbonyl (C=O) groups is 1. The van der Waals surface area contributed by atoms with E-state index in [9.17, 15) is 24.4 Å². The Bertz CT molecular complexity index is 528. The summed E-state index contributed by atoms with van der Waals surface area (Å²) in [4.78, 5) is 30.2. The molecule has 1 amide bonds. The molecule has 104 valence electrons. The Morgan fingerprint density at radius 3 is 2.47 bits per heavy atom. The highest BCUT2D eigenvalue weighted by Gasteiger charge is 2.66. The molecule has 1 fully saturated rings. The van der Waals surface area contributed by atoms with Crippen LogP contribution in [0, 0.1) is 5.92 Å². The van der Waals surface area contributed by atoms with Gasteiger partial charge < -0.3 is 9.79 Å². The number of benzene rings is 1.